The SMILES string of the molecule is CC(NC(=O)c1c(NC2=CC(C(F)(F)F)=CCC2)c2ccccc2n1C)c1ccc(CO)cc1. The van der Waals surface area contributed by atoms with E-state index in [1.807, 2.05) is 43.3 Å². The molecule has 4 rings (SSSR count). The van der Waals surface area contributed by atoms with Crippen molar-refractivity contribution in [1.29, 1.82) is 0 Å². The summed E-state index contributed by atoms with van der Waals surface area (Å²) < 4.78 is 41.5. The maximum atomic E-state index is 13.4. The highest BCUT2D eigenvalue weighted by atomic mass is 19.4. The zero-order valence-electron chi connectivity index (χ0n) is 18.9. The third-order valence-electron chi connectivity index (χ3n) is 6.05. The van der Waals surface area contributed by atoms with Crippen LogP contribution in [0.15, 0.2) is 72.0 Å². The lowest BCUT2D eigenvalue weighted by atomic mass is 10.0. The zero-order valence-corrected chi connectivity index (χ0v) is 18.9. The molecule has 0 bridgehead atoms. The average Bonchev–Trinajstić information content (AvgIpc) is 3.10. The lowest BCUT2D eigenvalue weighted by molar-refractivity contribution is -0.0887. The molecule has 0 saturated heterocycles. The molecule has 1 unspecified atom stereocenters. The van der Waals surface area contributed by atoms with E-state index < -0.39 is 11.7 Å². The fraction of sp³-hybridized carbons (Fsp3) is 0.269. The van der Waals surface area contributed by atoms with E-state index in [0.717, 1.165) is 28.1 Å². The third kappa shape index (κ3) is 4.72. The molecule has 1 aromatic heterocycles. The summed E-state index contributed by atoms with van der Waals surface area (Å²) in [6, 6.07) is 14.3. The predicted molar refractivity (Wildman–Crippen MR) is 126 cm³/mol. The summed E-state index contributed by atoms with van der Waals surface area (Å²) in [5.74, 6) is -0.345. The van der Waals surface area contributed by atoms with Crippen LogP contribution in [0.3, 0.4) is 0 Å². The predicted octanol–water partition coefficient (Wildman–Crippen LogP) is 5.74. The fourth-order valence-electron chi connectivity index (χ4n) is 4.20. The number of aromatic nitrogens is 1. The van der Waals surface area contributed by atoms with Gasteiger partial charge in [0.25, 0.3) is 5.91 Å². The minimum absolute atomic E-state index is 0.0624. The van der Waals surface area contributed by atoms with E-state index in [9.17, 15) is 23.1 Å². The van der Waals surface area contributed by atoms with Crippen LogP contribution in [0.2, 0.25) is 0 Å². The van der Waals surface area contributed by atoms with E-state index in [4.69, 9.17) is 0 Å². The van der Waals surface area contributed by atoms with Gasteiger partial charge in [0.1, 0.15) is 5.69 Å². The molecule has 0 radical (unpaired) electrons. The average molecular weight is 470 g/mol. The van der Waals surface area contributed by atoms with Crippen molar-refractivity contribution in [3.05, 3.63) is 88.8 Å². The Morgan fingerprint density at radius 1 is 1.15 bits per heavy atom. The third-order valence-corrected chi connectivity index (χ3v) is 6.05. The minimum atomic E-state index is -4.42. The minimum Gasteiger partial charge on any atom is -0.392 e. The van der Waals surface area contributed by atoms with Gasteiger partial charge in [0, 0.05) is 18.1 Å². The number of fused-ring (bicyclic) bond motifs is 1. The number of rotatable bonds is 6. The summed E-state index contributed by atoms with van der Waals surface area (Å²) in [5.41, 5.74) is 2.97. The molecule has 0 aliphatic heterocycles. The number of hydrogen-bond donors (Lipinski definition) is 3. The molecule has 0 spiro atoms. The summed E-state index contributed by atoms with van der Waals surface area (Å²) in [6.45, 7) is 1.79. The van der Waals surface area contributed by atoms with E-state index in [1.54, 1.807) is 23.7 Å². The number of aryl methyl sites for hydroxylation is 1. The van der Waals surface area contributed by atoms with Crippen molar-refractivity contribution in [2.75, 3.05) is 5.32 Å². The number of aliphatic hydroxyl groups excluding tert-OH is 1. The molecule has 1 aliphatic rings. The maximum absolute atomic E-state index is 13.4. The smallest absolute Gasteiger partial charge is 0.392 e. The molecule has 0 fully saturated rings. The molecule has 3 aromatic rings. The van der Waals surface area contributed by atoms with Gasteiger partial charge in [-0.3, -0.25) is 4.79 Å². The van der Waals surface area contributed by atoms with Crippen LogP contribution in [0.25, 0.3) is 10.9 Å². The Morgan fingerprint density at radius 3 is 2.53 bits per heavy atom. The van der Waals surface area contributed by atoms with E-state index in [1.165, 1.54) is 6.08 Å². The van der Waals surface area contributed by atoms with Gasteiger partial charge >= 0.3 is 6.18 Å². The number of nitrogens with one attached hydrogen (secondary N) is 2. The molecular weight excluding hydrogens is 443 g/mol. The second kappa shape index (κ2) is 9.38. The molecule has 0 saturated carbocycles. The van der Waals surface area contributed by atoms with Gasteiger partial charge in [-0.05, 0) is 43.0 Å². The van der Waals surface area contributed by atoms with Gasteiger partial charge < -0.3 is 20.3 Å². The molecule has 34 heavy (non-hydrogen) atoms. The van der Waals surface area contributed by atoms with Gasteiger partial charge in [0.15, 0.2) is 0 Å². The molecule has 178 valence electrons. The summed E-state index contributed by atoms with van der Waals surface area (Å²) in [7, 11) is 1.76. The summed E-state index contributed by atoms with van der Waals surface area (Å²) >= 11 is 0. The number of para-hydroxylation sites is 1. The van der Waals surface area contributed by atoms with Crippen LogP contribution in [-0.2, 0) is 13.7 Å². The van der Waals surface area contributed by atoms with E-state index >= 15 is 0 Å². The van der Waals surface area contributed by atoms with Crippen molar-refractivity contribution >= 4 is 22.5 Å². The van der Waals surface area contributed by atoms with Crippen molar-refractivity contribution in [2.24, 2.45) is 7.05 Å². The van der Waals surface area contributed by atoms with Crippen molar-refractivity contribution in [1.82, 2.24) is 9.88 Å². The highest BCUT2D eigenvalue weighted by Crippen LogP contribution is 2.36. The summed E-state index contributed by atoms with van der Waals surface area (Å²) in [5, 5.41) is 16.1. The summed E-state index contributed by atoms with van der Waals surface area (Å²) in [6.07, 6.45) is -1.45. The lowest BCUT2D eigenvalue weighted by Crippen LogP contribution is -2.29. The first-order valence-corrected chi connectivity index (χ1v) is 11.0. The first kappa shape index (κ1) is 23.6. The Hall–Kier alpha value is -3.52. The topological polar surface area (TPSA) is 66.3 Å². The van der Waals surface area contributed by atoms with Gasteiger partial charge in [0.05, 0.1) is 29.4 Å². The first-order valence-electron chi connectivity index (χ1n) is 11.0. The molecule has 3 N–H and O–H groups in total. The molecule has 1 heterocycles. The molecule has 1 atom stereocenters. The van der Waals surface area contributed by atoms with Crippen LogP contribution in [0.5, 0.6) is 0 Å². The van der Waals surface area contributed by atoms with Gasteiger partial charge in [0.2, 0.25) is 0 Å². The standard InChI is InChI=1S/C26H26F3N3O2/c1-16(18-12-10-17(15-33)11-13-18)30-25(34)24-23(21-8-3-4-9-22(21)32(24)2)31-20-7-5-6-19(14-20)26(27,28)29/h3-4,6,8-14,16,31,33H,5,7,15H2,1-2H3,(H,30,34). The second-order valence-electron chi connectivity index (χ2n) is 8.39. The molecule has 5 nitrogen and oxygen atoms in total. The summed E-state index contributed by atoms with van der Waals surface area (Å²) in [4.78, 5) is 13.4. The van der Waals surface area contributed by atoms with Gasteiger partial charge in [-0.15, -0.1) is 0 Å². The molecule has 8 heteroatoms. The number of benzene rings is 2. The zero-order chi connectivity index (χ0) is 24.5. The second-order valence-corrected chi connectivity index (χ2v) is 8.39. The number of halogens is 3. The van der Waals surface area contributed by atoms with Gasteiger partial charge in [-0.1, -0.05) is 48.5 Å². The Balaban J connectivity index is 1.68. The largest absolute Gasteiger partial charge is 0.416 e. The fourth-order valence-corrected chi connectivity index (χ4v) is 4.20. The number of alkyl halides is 3. The van der Waals surface area contributed by atoms with Crippen LogP contribution in [-0.4, -0.2) is 21.8 Å². The van der Waals surface area contributed by atoms with Crippen molar-refractivity contribution in [3.63, 3.8) is 0 Å². The van der Waals surface area contributed by atoms with Crippen molar-refractivity contribution in [3.8, 4) is 0 Å². The van der Waals surface area contributed by atoms with Crippen molar-refractivity contribution in [2.45, 2.75) is 38.6 Å². The van der Waals surface area contributed by atoms with Gasteiger partial charge in [-0.25, -0.2) is 0 Å². The number of allylic oxidation sites excluding steroid dienone is 4. The van der Waals surface area contributed by atoms with Crippen molar-refractivity contribution < 1.29 is 23.1 Å². The maximum Gasteiger partial charge on any atom is 0.416 e. The number of nitrogens with zero attached hydrogens (tertiary/aromatic N) is 1. The quantitative estimate of drug-likeness (QED) is 0.431. The van der Waals surface area contributed by atoms with E-state index in [-0.39, 0.29) is 25.0 Å². The number of carbonyl (C=O) groups excluding carboxylic acids is 1. The van der Waals surface area contributed by atoms with Gasteiger partial charge in [-0.2, -0.15) is 13.2 Å². The lowest BCUT2D eigenvalue weighted by Gasteiger charge is -2.19. The monoisotopic (exact) mass is 469 g/mol. The molecule has 1 aliphatic carbocycles. The molecule has 1 amide bonds. The number of carbonyl (C=O) groups is 1. The van der Waals surface area contributed by atoms with Crippen LogP contribution in [0.1, 0.15) is 47.4 Å². The normalized spacial score (nSPS) is 15.0. The number of amides is 1. The Bertz CT molecular complexity index is 1270. The van der Waals surface area contributed by atoms with E-state index in [0.29, 0.717) is 23.5 Å². The van der Waals surface area contributed by atoms with Crippen LogP contribution in [0.4, 0.5) is 18.9 Å². The Labute approximate surface area is 195 Å². The number of anilines is 1. The molecular formula is C26H26F3N3O2. The highest BCUT2D eigenvalue weighted by Gasteiger charge is 2.33. The number of aliphatic hydroxyl groups is 1. The van der Waals surface area contributed by atoms with Crippen LogP contribution < -0.4 is 10.6 Å². The van der Waals surface area contributed by atoms with Crippen LogP contribution in [0, 0.1) is 0 Å². The number of hydrogen-bond acceptors (Lipinski definition) is 3. The first-order chi connectivity index (χ1) is 16.2. The highest BCUT2D eigenvalue weighted by molar-refractivity contribution is 6.09. The Kier molecular flexibility index (Phi) is 6.52. The molecule has 2 aromatic carbocycles. The Morgan fingerprint density at radius 2 is 1.85 bits per heavy atom. The van der Waals surface area contributed by atoms with Crippen LogP contribution >= 0.6 is 0 Å². The van der Waals surface area contributed by atoms with E-state index in [2.05, 4.69) is 10.6 Å².